The molecule has 0 nitrogen and oxygen atoms in total. The predicted molar refractivity (Wildman–Crippen MR) is 112 cm³/mol. The van der Waals surface area contributed by atoms with Crippen LogP contribution in [0.3, 0.4) is 0 Å². The van der Waals surface area contributed by atoms with Crippen molar-refractivity contribution in [2.24, 2.45) is 5.41 Å². The molecular weight excluding hydrogens is 339 g/mol. The van der Waals surface area contributed by atoms with Crippen molar-refractivity contribution in [2.75, 3.05) is 0 Å². The van der Waals surface area contributed by atoms with E-state index in [-0.39, 0.29) is 5.41 Å². The van der Waals surface area contributed by atoms with Crippen molar-refractivity contribution in [3.63, 3.8) is 0 Å². The first-order chi connectivity index (χ1) is 10.9. The van der Waals surface area contributed by atoms with Gasteiger partial charge in [-0.1, -0.05) is 118 Å². The van der Waals surface area contributed by atoms with Crippen LogP contribution >= 0.6 is 22.2 Å². The number of hydrogen-bond donors (Lipinski definition) is 0. The molecule has 0 aliphatic carbocycles. The predicted octanol–water partition coefficient (Wildman–Crippen LogP) is 8.58. The molecule has 0 bridgehead atoms. The van der Waals surface area contributed by atoms with Gasteiger partial charge in [0, 0.05) is 0 Å². The highest BCUT2D eigenvalue weighted by Gasteiger charge is 2.30. The lowest BCUT2D eigenvalue weighted by atomic mass is 9.88. The zero-order valence-corrected chi connectivity index (χ0v) is 19.0. The molecule has 0 spiro atoms. The van der Waals surface area contributed by atoms with Crippen molar-refractivity contribution in [2.45, 2.75) is 123 Å². The van der Waals surface area contributed by atoms with Gasteiger partial charge in [0.15, 0.2) is 0 Å². The fourth-order valence-corrected chi connectivity index (χ4v) is 7.59. The Balaban J connectivity index is 3.36. The van der Waals surface area contributed by atoms with Crippen LogP contribution < -0.4 is 0 Å². The molecule has 0 saturated carbocycles. The maximum atomic E-state index is 6.28. The number of hydrogen-bond acceptors (Lipinski definition) is 0. The molecule has 0 N–H and O–H groups in total. The summed E-state index contributed by atoms with van der Waals surface area (Å²) in [5, 5.41) is 0. The second kappa shape index (κ2) is 15.1. The van der Waals surface area contributed by atoms with Gasteiger partial charge in [0.05, 0.1) is 0 Å². The van der Waals surface area contributed by atoms with Crippen molar-refractivity contribution in [3.05, 3.63) is 0 Å². The van der Waals surface area contributed by atoms with Gasteiger partial charge in [-0.2, -0.15) is 22.2 Å². The van der Waals surface area contributed by atoms with Gasteiger partial charge in [-0.05, 0) is 11.0 Å². The summed E-state index contributed by atoms with van der Waals surface area (Å²) in [7, 11) is -1.56. The average molecular weight is 382 g/mol. The second-order valence-corrected chi connectivity index (χ2v) is 13.3. The SMILES string of the molecule is CCCCCCCCCCCCCCCC([SiH](Cl)Cl)C(C)(C)C. The van der Waals surface area contributed by atoms with E-state index >= 15 is 0 Å². The maximum Gasteiger partial charge on any atom is 0.240 e. The van der Waals surface area contributed by atoms with Gasteiger partial charge in [0.2, 0.25) is 7.42 Å². The molecule has 23 heavy (non-hydrogen) atoms. The smallest absolute Gasteiger partial charge is 0.150 e. The first kappa shape index (κ1) is 23.8. The van der Waals surface area contributed by atoms with E-state index in [1.807, 2.05) is 0 Å². The molecule has 0 rings (SSSR count). The zero-order chi connectivity index (χ0) is 17.6. The summed E-state index contributed by atoms with van der Waals surface area (Å²) in [4.78, 5) is 0. The van der Waals surface area contributed by atoms with Crippen LogP contribution in [0.1, 0.15) is 118 Å². The van der Waals surface area contributed by atoms with E-state index in [0.29, 0.717) is 5.54 Å². The lowest BCUT2D eigenvalue weighted by Crippen LogP contribution is -2.23. The van der Waals surface area contributed by atoms with Crippen LogP contribution in [0.4, 0.5) is 0 Å². The van der Waals surface area contributed by atoms with Crippen molar-refractivity contribution in [3.8, 4) is 0 Å². The third-order valence-corrected chi connectivity index (χ3v) is 8.80. The first-order valence-electron chi connectivity index (χ1n) is 10.2. The molecule has 0 aliphatic heterocycles. The monoisotopic (exact) mass is 380 g/mol. The van der Waals surface area contributed by atoms with E-state index in [4.69, 9.17) is 22.2 Å². The van der Waals surface area contributed by atoms with Crippen molar-refractivity contribution < 1.29 is 0 Å². The summed E-state index contributed by atoms with van der Waals surface area (Å²) in [6, 6.07) is 0. The first-order valence-corrected chi connectivity index (χ1v) is 14.3. The van der Waals surface area contributed by atoms with Gasteiger partial charge in [-0.25, -0.2) is 0 Å². The van der Waals surface area contributed by atoms with E-state index in [0.717, 1.165) is 0 Å². The highest BCUT2D eigenvalue weighted by Crippen LogP contribution is 2.40. The zero-order valence-electron chi connectivity index (χ0n) is 16.3. The third kappa shape index (κ3) is 14.8. The molecule has 0 aliphatic rings. The molecule has 0 amide bonds. The Labute approximate surface area is 158 Å². The van der Waals surface area contributed by atoms with Gasteiger partial charge < -0.3 is 0 Å². The van der Waals surface area contributed by atoms with Gasteiger partial charge in [0.25, 0.3) is 0 Å². The van der Waals surface area contributed by atoms with Crippen molar-refractivity contribution in [1.29, 1.82) is 0 Å². The van der Waals surface area contributed by atoms with E-state index in [1.54, 1.807) is 0 Å². The second-order valence-electron chi connectivity index (χ2n) is 8.34. The standard InChI is InChI=1S/C20H42Cl2Si/c1-5-6-7-8-9-10-11-12-13-14-15-16-17-18-19(23(21)22)20(2,3)4/h19,23H,5-18H2,1-4H3. The van der Waals surface area contributed by atoms with Crippen LogP contribution in [-0.4, -0.2) is 7.42 Å². The Bertz CT molecular complexity index is 249. The maximum absolute atomic E-state index is 6.28. The molecule has 0 heterocycles. The molecule has 0 aromatic rings. The third-order valence-electron chi connectivity index (χ3n) is 5.04. The quantitative estimate of drug-likeness (QED) is 0.151. The molecule has 3 heteroatoms. The fourth-order valence-electron chi connectivity index (χ4n) is 3.32. The van der Waals surface area contributed by atoms with Gasteiger partial charge >= 0.3 is 0 Å². The molecule has 0 aromatic carbocycles. The van der Waals surface area contributed by atoms with Crippen LogP contribution in [-0.2, 0) is 0 Å². The topological polar surface area (TPSA) is 0 Å². The van der Waals surface area contributed by atoms with E-state index in [9.17, 15) is 0 Å². The summed E-state index contributed by atoms with van der Waals surface area (Å²) in [5.74, 6) is 0. The summed E-state index contributed by atoms with van der Waals surface area (Å²) in [6.07, 6.45) is 19.6. The highest BCUT2D eigenvalue weighted by atomic mass is 35.7. The average Bonchev–Trinajstić information content (AvgIpc) is 2.46. The molecule has 0 saturated heterocycles. The van der Waals surface area contributed by atoms with Crippen LogP contribution in [0.2, 0.25) is 5.54 Å². The number of halogens is 2. The van der Waals surface area contributed by atoms with Crippen LogP contribution in [0.15, 0.2) is 0 Å². The summed E-state index contributed by atoms with van der Waals surface area (Å²) < 4.78 is 0. The number of unbranched alkanes of at least 4 members (excludes halogenated alkanes) is 12. The van der Waals surface area contributed by atoms with E-state index in [1.165, 1.54) is 89.9 Å². The van der Waals surface area contributed by atoms with Gasteiger partial charge in [-0.15, -0.1) is 0 Å². The minimum atomic E-state index is -1.56. The summed E-state index contributed by atoms with van der Waals surface area (Å²) in [5.41, 5.74) is 0.830. The van der Waals surface area contributed by atoms with E-state index < -0.39 is 7.42 Å². The Morgan fingerprint density at radius 2 is 1.00 bits per heavy atom. The van der Waals surface area contributed by atoms with Crippen LogP contribution in [0, 0.1) is 5.41 Å². The molecule has 1 unspecified atom stereocenters. The summed E-state index contributed by atoms with van der Waals surface area (Å²) in [6.45, 7) is 9.13. The number of rotatable bonds is 15. The van der Waals surface area contributed by atoms with Crippen molar-refractivity contribution >= 4 is 29.6 Å². The van der Waals surface area contributed by atoms with E-state index in [2.05, 4.69) is 27.7 Å². The Hall–Kier alpha value is 0.797. The molecule has 140 valence electrons. The normalized spacial score (nSPS) is 13.7. The van der Waals surface area contributed by atoms with Crippen LogP contribution in [0.25, 0.3) is 0 Å². The molecule has 0 fully saturated rings. The molecule has 0 radical (unpaired) electrons. The Morgan fingerprint density at radius 1 is 0.652 bits per heavy atom. The van der Waals surface area contributed by atoms with Gasteiger partial charge in [-0.3, -0.25) is 0 Å². The highest BCUT2D eigenvalue weighted by molar-refractivity contribution is 7.34. The largest absolute Gasteiger partial charge is 0.240 e. The fraction of sp³-hybridized carbons (Fsp3) is 1.00. The minimum Gasteiger partial charge on any atom is -0.150 e. The van der Waals surface area contributed by atoms with Crippen molar-refractivity contribution in [1.82, 2.24) is 0 Å². The van der Waals surface area contributed by atoms with Gasteiger partial charge in [0.1, 0.15) is 0 Å². The lowest BCUT2D eigenvalue weighted by Gasteiger charge is -2.31. The van der Waals surface area contributed by atoms with Crippen LogP contribution in [0.5, 0.6) is 0 Å². The Kier molecular flexibility index (Phi) is 15.6. The molecule has 1 atom stereocenters. The lowest BCUT2D eigenvalue weighted by molar-refractivity contribution is 0.354. The molecular formula is C20H42Cl2Si. The Morgan fingerprint density at radius 3 is 1.30 bits per heavy atom. The summed E-state index contributed by atoms with van der Waals surface area (Å²) >= 11 is 12.6. The molecule has 0 aromatic heterocycles. The minimum absolute atomic E-state index is 0.275.